The molecule has 0 spiro atoms. The van der Waals surface area contributed by atoms with E-state index in [1.807, 2.05) is 0 Å². The van der Waals surface area contributed by atoms with Crippen molar-refractivity contribution in [1.82, 2.24) is 5.32 Å². The standard InChI is InChI=1S/C11H17NOS.ClH/c1-9(11-3-2-6-14-11)13-8-10-4-5-12-7-10;/h2-3,6,9-10,12H,4-5,7-8H2,1H3;1H. The molecule has 2 rings (SSSR count). The topological polar surface area (TPSA) is 21.3 Å². The molecule has 0 amide bonds. The van der Waals surface area contributed by atoms with Crippen LogP contribution in [-0.4, -0.2) is 19.7 Å². The Bertz CT molecular complexity index is 260. The molecule has 2 atom stereocenters. The zero-order valence-corrected chi connectivity index (χ0v) is 10.6. The van der Waals surface area contributed by atoms with Gasteiger partial charge in [0.2, 0.25) is 0 Å². The predicted molar refractivity (Wildman–Crippen MR) is 66.9 cm³/mol. The maximum absolute atomic E-state index is 5.84. The molecule has 1 aliphatic rings. The molecule has 2 heterocycles. The smallest absolute Gasteiger partial charge is 0.0888 e. The molecule has 1 aromatic heterocycles. The fourth-order valence-electron chi connectivity index (χ4n) is 1.74. The van der Waals surface area contributed by atoms with Crippen molar-refractivity contribution in [2.24, 2.45) is 5.92 Å². The minimum absolute atomic E-state index is 0. The second-order valence-corrected chi connectivity index (χ2v) is 4.83. The Kier molecular flexibility index (Phi) is 5.61. The Balaban J connectivity index is 0.00000112. The van der Waals surface area contributed by atoms with Gasteiger partial charge in [0.1, 0.15) is 0 Å². The fraction of sp³-hybridized carbons (Fsp3) is 0.636. The van der Waals surface area contributed by atoms with Crippen LogP contribution in [0.25, 0.3) is 0 Å². The quantitative estimate of drug-likeness (QED) is 0.884. The van der Waals surface area contributed by atoms with Gasteiger partial charge in [0.15, 0.2) is 0 Å². The molecule has 1 aliphatic heterocycles. The molecule has 0 radical (unpaired) electrons. The van der Waals surface area contributed by atoms with E-state index in [1.165, 1.54) is 11.3 Å². The third-order valence-electron chi connectivity index (χ3n) is 2.69. The van der Waals surface area contributed by atoms with E-state index in [0.717, 1.165) is 25.6 Å². The summed E-state index contributed by atoms with van der Waals surface area (Å²) in [5.41, 5.74) is 0. The van der Waals surface area contributed by atoms with Crippen molar-refractivity contribution in [3.05, 3.63) is 22.4 Å². The molecular formula is C11H18ClNOS. The summed E-state index contributed by atoms with van der Waals surface area (Å²) < 4.78 is 5.84. The lowest BCUT2D eigenvalue weighted by atomic mass is 10.1. The average Bonchev–Trinajstić information content (AvgIpc) is 2.87. The molecule has 0 saturated carbocycles. The minimum atomic E-state index is 0. The van der Waals surface area contributed by atoms with Crippen molar-refractivity contribution in [3.63, 3.8) is 0 Å². The van der Waals surface area contributed by atoms with Gasteiger partial charge in [-0.05, 0) is 37.3 Å². The first kappa shape index (κ1) is 13.0. The molecule has 0 bridgehead atoms. The van der Waals surface area contributed by atoms with Crippen molar-refractivity contribution in [1.29, 1.82) is 0 Å². The Morgan fingerprint density at radius 1 is 1.67 bits per heavy atom. The first-order valence-corrected chi connectivity index (χ1v) is 6.10. The van der Waals surface area contributed by atoms with Gasteiger partial charge in [-0.15, -0.1) is 23.7 Å². The average molecular weight is 248 g/mol. The maximum Gasteiger partial charge on any atom is 0.0888 e. The number of hydrogen-bond donors (Lipinski definition) is 1. The van der Waals surface area contributed by atoms with Gasteiger partial charge in [-0.1, -0.05) is 6.07 Å². The highest BCUT2D eigenvalue weighted by atomic mass is 35.5. The normalized spacial score (nSPS) is 22.3. The summed E-state index contributed by atoms with van der Waals surface area (Å²) >= 11 is 1.77. The summed E-state index contributed by atoms with van der Waals surface area (Å²) in [6, 6.07) is 4.22. The van der Waals surface area contributed by atoms with Gasteiger partial charge in [0, 0.05) is 11.4 Å². The molecule has 2 unspecified atom stereocenters. The molecular weight excluding hydrogens is 230 g/mol. The van der Waals surface area contributed by atoms with E-state index < -0.39 is 0 Å². The first-order valence-electron chi connectivity index (χ1n) is 5.22. The number of thiophene rings is 1. The van der Waals surface area contributed by atoms with Crippen molar-refractivity contribution >= 4 is 23.7 Å². The number of hydrogen-bond acceptors (Lipinski definition) is 3. The highest BCUT2D eigenvalue weighted by molar-refractivity contribution is 7.10. The lowest BCUT2D eigenvalue weighted by Crippen LogP contribution is -2.14. The molecule has 15 heavy (non-hydrogen) atoms. The van der Waals surface area contributed by atoms with Crippen LogP contribution in [-0.2, 0) is 4.74 Å². The summed E-state index contributed by atoms with van der Waals surface area (Å²) in [7, 11) is 0. The van der Waals surface area contributed by atoms with Crippen molar-refractivity contribution in [3.8, 4) is 0 Å². The molecule has 1 N–H and O–H groups in total. The Morgan fingerprint density at radius 2 is 2.53 bits per heavy atom. The van der Waals surface area contributed by atoms with E-state index in [1.54, 1.807) is 11.3 Å². The molecule has 0 aromatic carbocycles. The summed E-state index contributed by atoms with van der Waals surface area (Å²) in [5.74, 6) is 0.720. The van der Waals surface area contributed by atoms with Crippen LogP contribution >= 0.6 is 23.7 Å². The molecule has 1 saturated heterocycles. The van der Waals surface area contributed by atoms with E-state index in [-0.39, 0.29) is 18.5 Å². The first-order chi connectivity index (χ1) is 6.86. The van der Waals surface area contributed by atoms with Gasteiger partial charge < -0.3 is 10.1 Å². The number of nitrogens with one attached hydrogen (secondary N) is 1. The van der Waals surface area contributed by atoms with E-state index in [4.69, 9.17) is 4.74 Å². The predicted octanol–water partition coefficient (Wildman–Crippen LogP) is 2.86. The number of rotatable bonds is 4. The van der Waals surface area contributed by atoms with E-state index in [2.05, 4.69) is 29.8 Å². The summed E-state index contributed by atoms with van der Waals surface area (Å²) in [6.45, 7) is 5.30. The third-order valence-corrected chi connectivity index (χ3v) is 3.72. The lowest BCUT2D eigenvalue weighted by Gasteiger charge is -2.14. The SMILES string of the molecule is CC(OCC1CCNC1)c1cccs1.Cl. The monoisotopic (exact) mass is 247 g/mol. The minimum Gasteiger partial charge on any atom is -0.373 e. The zero-order chi connectivity index (χ0) is 9.80. The largest absolute Gasteiger partial charge is 0.373 e. The second kappa shape index (κ2) is 6.48. The van der Waals surface area contributed by atoms with Gasteiger partial charge in [-0.25, -0.2) is 0 Å². The Hall–Kier alpha value is -0.0900. The summed E-state index contributed by atoms with van der Waals surface area (Å²) in [6.07, 6.45) is 1.52. The van der Waals surface area contributed by atoms with E-state index in [0.29, 0.717) is 0 Å². The van der Waals surface area contributed by atoms with Crippen LogP contribution < -0.4 is 5.32 Å². The Labute approximate surface area is 101 Å². The summed E-state index contributed by atoms with van der Waals surface area (Å²) in [4.78, 5) is 1.33. The van der Waals surface area contributed by atoms with Crippen LogP contribution in [0.4, 0.5) is 0 Å². The van der Waals surface area contributed by atoms with Gasteiger partial charge >= 0.3 is 0 Å². The molecule has 1 aromatic rings. The molecule has 4 heteroatoms. The van der Waals surface area contributed by atoms with Crippen LogP contribution in [0, 0.1) is 5.92 Å². The maximum atomic E-state index is 5.84. The Morgan fingerprint density at radius 3 is 3.13 bits per heavy atom. The van der Waals surface area contributed by atoms with Gasteiger partial charge in [-0.2, -0.15) is 0 Å². The molecule has 86 valence electrons. The van der Waals surface area contributed by atoms with Gasteiger partial charge in [0.25, 0.3) is 0 Å². The van der Waals surface area contributed by atoms with Crippen LogP contribution in [0.1, 0.15) is 24.3 Å². The zero-order valence-electron chi connectivity index (χ0n) is 8.94. The molecule has 2 nitrogen and oxygen atoms in total. The lowest BCUT2D eigenvalue weighted by molar-refractivity contribution is 0.0456. The van der Waals surface area contributed by atoms with Crippen LogP contribution in [0.2, 0.25) is 0 Å². The molecule has 1 fully saturated rings. The highest BCUT2D eigenvalue weighted by Gasteiger charge is 2.16. The fourth-order valence-corrected chi connectivity index (χ4v) is 2.47. The van der Waals surface area contributed by atoms with E-state index in [9.17, 15) is 0 Å². The van der Waals surface area contributed by atoms with Crippen LogP contribution in [0.3, 0.4) is 0 Å². The molecule has 0 aliphatic carbocycles. The van der Waals surface area contributed by atoms with Crippen LogP contribution in [0.5, 0.6) is 0 Å². The second-order valence-electron chi connectivity index (χ2n) is 3.85. The van der Waals surface area contributed by atoms with Crippen molar-refractivity contribution < 1.29 is 4.74 Å². The van der Waals surface area contributed by atoms with Crippen molar-refractivity contribution in [2.75, 3.05) is 19.7 Å². The third kappa shape index (κ3) is 3.76. The van der Waals surface area contributed by atoms with E-state index >= 15 is 0 Å². The number of ether oxygens (including phenoxy) is 1. The van der Waals surface area contributed by atoms with Gasteiger partial charge in [-0.3, -0.25) is 0 Å². The van der Waals surface area contributed by atoms with Crippen molar-refractivity contribution in [2.45, 2.75) is 19.4 Å². The van der Waals surface area contributed by atoms with Gasteiger partial charge in [0.05, 0.1) is 12.7 Å². The van der Waals surface area contributed by atoms with Crippen LogP contribution in [0.15, 0.2) is 17.5 Å². The summed E-state index contributed by atoms with van der Waals surface area (Å²) in [5, 5.41) is 5.46. The number of halogens is 1. The highest BCUT2D eigenvalue weighted by Crippen LogP contribution is 2.23.